The summed E-state index contributed by atoms with van der Waals surface area (Å²) < 4.78 is 15.2. The summed E-state index contributed by atoms with van der Waals surface area (Å²) in [6.07, 6.45) is -5.70. The van der Waals surface area contributed by atoms with Crippen molar-refractivity contribution in [3.8, 4) is 0 Å². The third-order valence-electron chi connectivity index (χ3n) is 3.64. The van der Waals surface area contributed by atoms with Gasteiger partial charge in [-0.15, -0.1) is 0 Å². The number of nitrogens with zero attached hydrogens (tertiary/aromatic N) is 1. The number of aromatic nitrogens is 1. The van der Waals surface area contributed by atoms with Crippen LogP contribution in [0.4, 0.5) is 0 Å². The molecule has 0 spiro atoms. The highest BCUT2D eigenvalue weighted by Gasteiger charge is 2.43. The van der Waals surface area contributed by atoms with Crippen LogP contribution in [0.3, 0.4) is 0 Å². The fraction of sp³-hybridized carbons (Fsp3) is 0.625. The molecule has 2 heterocycles. The maximum absolute atomic E-state index is 11.7. The van der Waals surface area contributed by atoms with Crippen LogP contribution in [-0.2, 0) is 19.0 Å². The van der Waals surface area contributed by atoms with E-state index in [1.807, 2.05) is 18.2 Å². The van der Waals surface area contributed by atoms with Gasteiger partial charge in [0.05, 0.1) is 19.6 Å². The first-order chi connectivity index (χ1) is 13.0. The van der Waals surface area contributed by atoms with E-state index in [0.29, 0.717) is 6.61 Å². The maximum atomic E-state index is 11.7. The molecule has 1 aromatic heterocycles. The van der Waals surface area contributed by atoms with Crippen molar-refractivity contribution < 1.29 is 39.4 Å². The Morgan fingerprint density at radius 2 is 1.96 bits per heavy atom. The topological polar surface area (TPSA) is 139 Å². The summed E-state index contributed by atoms with van der Waals surface area (Å²) in [5.74, 6) is 0.174. The van der Waals surface area contributed by atoms with E-state index in [9.17, 15) is 25.2 Å². The molecule has 4 N–H and O–H groups in total. The zero-order chi connectivity index (χ0) is 19.6. The van der Waals surface area contributed by atoms with Gasteiger partial charge in [0, 0.05) is 11.9 Å². The van der Waals surface area contributed by atoms with Crippen molar-refractivity contribution in [3.05, 3.63) is 24.4 Å². The summed E-state index contributed by atoms with van der Waals surface area (Å²) in [5.41, 5.74) is 0. The minimum Gasteiger partial charge on any atom is -0.463 e. The molecule has 1 fully saturated rings. The van der Waals surface area contributed by atoms with Crippen LogP contribution in [0.15, 0.2) is 29.4 Å². The minimum atomic E-state index is -1.66. The molecule has 0 aliphatic carbocycles. The van der Waals surface area contributed by atoms with Crippen LogP contribution in [-0.4, -0.2) is 87.7 Å². The Hall–Kier alpha value is -0.920. The highest BCUT2D eigenvalue weighted by atomic mass is 33.1. The van der Waals surface area contributed by atoms with E-state index in [4.69, 9.17) is 14.2 Å². The molecule has 5 unspecified atom stereocenters. The van der Waals surface area contributed by atoms with E-state index in [2.05, 4.69) is 4.98 Å². The van der Waals surface area contributed by atoms with E-state index in [0.717, 1.165) is 10.8 Å². The van der Waals surface area contributed by atoms with Gasteiger partial charge in [-0.3, -0.25) is 4.79 Å². The third-order valence-corrected chi connectivity index (χ3v) is 5.87. The van der Waals surface area contributed by atoms with Gasteiger partial charge in [0.15, 0.2) is 6.29 Å². The third kappa shape index (κ3) is 7.54. The van der Waals surface area contributed by atoms with Crippen molar-refractivity contribution in [2.24, 2.45) is 0 Å². The summed E-state index contributed by atoms with van der Waals surface area (Å²) in [5, 5.41) is 39.0. The summed E-state index contributed by atoms with van der Waals surface area (Å²) in [6.45, 7) is 0.307. The number of aliphatic hydroxyl groups excluding tert-OH is 4. The molecular weight excluding hydrogens is 398 g/mol. The van der Waals surface area contributed by atoms with Crippen molar-refractivity contribution in [2.75, 3.05) is 25.6 Å². The second-order valence-electron chi connectivity index (χ2n) is 5.66. The Balaban J connectivity index is 1.51. The predicted molar refractivity (Wildman–Crippen MR) is 97.8 cm³/mol. The lowest BCUT2D eigenvalue weighted by atomic mass is 9.99. The minimum absolute atomic E-state index is 0.0224. The molecule has 1 aliphatic heterocycles. The number of hydrogen-bond acceptors (Lipinski definition) is 11. The molecule has 27 heavy (non-hydrogen) atoms. The normalized spacial score (nSPS) is 28.1. The number of ether oxygens (including phenoxy) is 3. The van der Waals surface area contributed by atoms with Gasteiger partial charge < -0.3 is 34.6 Å². The van der Waals surface area contributed by atoms with Crippen LogP contribution in [0.1, 0.15) is 6.42 Å². The molecule has 1 aliphatic rings. The molecule has 0 amide bonds. The summed E-state index contributed by atoms with van der Waals surface area (Å²) in [6, 6.07) is 5.69. The summed E-state index contributed by atoms with van der Waals surface area (Å²) in [4.78, 5) is 15.8. The van der Waals surface area contributed by atoms with Crippen LogP contribution in [0.25, 0.3) is 0 Å². The Bertz CT molecular complexity index is 567. The fourth-order valence-corrected chi connectivity index (χ4v) is 3.90. The highest BCUT2D eigenvalue weighted by Crippen LogP contribution is 2.28. The molecule has 0 saturated carbocycles. The first kappa shape index (κ1) is 22.4. The number of carbonyl (C=O) groups is 1. The van der Waals surface area contributed by atoms with Gasteiger partial charge in [-0.1, -0.05) is 16.9 Å². The van der Waals surface area contributed by atoms with Crippen LogP contribution in [0.5, 0.6) is 0 Å². The lowest BCUT2D eigenvalue weighted by molar-refractivity contribution is -0.287. The fourth-order valence-electron chi connectivity index (χ4n) is 2.16. The maximum Gasteiger partial charge on any atom is 0.308 e. The molecule has 11 heteroatoms. The van der Waals surface area contributed by atoms with Crippen LogP contribution < -0.4 is 0 Å². The Kier molecular flexibility index (Phi) is 9.79. The SMILES string of the molecule is O=C(CCOCCSSc1ccccn1)OCC1OC(O)C(O)C(O)C1O. The van der Waals surface area contributed by atoms with E-state index in [1.54, 1.807) is 27.8 Å². The van der Waals surface area contributed by atoms with Gasteiger partial charge >= 0.3 is 5.97 Å². The molecule has 1 saturated heterocycles. The lowest BCUT2D eigenvalue weighted by Crippen LogP contribution is -2.58. The Morgan fingerprint density at radius 3 is 2.70 bits per heavy atom. The molecule has 5 atom stereocenters. The average molecular weight is 421 g/mol. The molecule has 2 rings (SSSR count). The van der Waals surface area contributed by atoms with Crippen LogP contribution in [0.2, 0.25) is 0 Å². The van der Waals surface area contributed by atoms with E-state index < -0.39 is 36.7 Å². The van der Waals surface area contributed by atoms with Gasteiger partial charge in [0.1, 0.15) is 36.0 Å². The molecule has 152 valence electrons. The van der Waals surface area contributed by atoms with E-state index in [1.165, 1.54) is 0 Å². The van der Waals surface area contributed by atoms with Crippen molar-refractivity contribution in [2.45, 2.75) is 42.2 Å². The first-order valence-electron chi connectivity index (χ1n) is 8.30. The van der Waals surface area contributed by atoms with Crippen molar-refractivity contribution in [1.29, 1.82) is 0 Å². The highest BCUT2D eigenvalue weighted by molar-refractivity contribution is 8.76. The van der Waals surface area contributed by atoms with Gasteiger partial charge in [-0.2, -0.15) is 0 Å². The predicted octanol–water partition coefficient (Wildman–Crippen LogP) is -0.428. The number of pyridine rings is 1. The largest absolute Gasteiger partial charge is 0.463 e. The second-order valence-corrected chi connectivity index (χ2v) is 8.09. The zero-order valence-electron chi connectivity index (χ0n) is 14.4. The lowest BCUT2D eigenvalue weighted by Gasteiger charge is -2.37. The van der Waals surface area contributed by atoms with Gasteiger partial charge in [0.2, 0.25) is 0 Å². The summed E-state index contributed by atoms with van der Waals surface area (Å²) in [7, 11) is 3.14. The van der Waals surface area contributed by atoms with Crippen LogP contribution >= 0.6 is 21.6 Å². The smallest absolute Gasteiger partial charge is 0.308 e. The Labute approximate surface area is 164 Å². The van der Waals surface area contributed by atoms with Gasteiger partial charge in [-0.25, -0.2) is 4.98 Å². The average Bonchev–Trinajstić information content (AvgIpc) is 2.68. The standard InChI is InChI=1S/C16H23NO8S2/c18-12(24-9-10-13(19)14(20)15(21)16(22)25-10)4-6-23-7-8-26-27-11-3-1-2-5-17-11/h1-3,5,10,13-16,19-22H,4,6-9H2. The quantitative estimate of drug-likeness (QED) is 0.222. The number of carbonyl (C=O) groups excluding carboxylic acids is 1. The van der Waals surface area contributed by atoms with Crippen molar-refractivity contribution in [1.82, 2.24) is 4.98 Å². The van der Waals surface area contributed by atoms with Crippen molar-refractivity contribution >= 4 is 27.6 Å². The van der Waals surface area contributed by atoms with Crippen LogP contribution in [0, 0.1) is 0 Å². The van der Waals surface area contributed by atoms with Gasteiger partial charge in [0.25, 0.3) is 0 Å². The molecule has 9 nitrogen and oxygen atoms in total. The van der Waals surface area contributed by atoms with Crippen molar-refractivity contribution in [3.63, 3.8) is 0 Å². The van der Waals surface area contributed by atoms with E-state index in [-0.39, 0.29) is 19.6 Å². The number of aliphatic hydroxyl groups is 4. The molecule has 0 aromatic carbocycles. The summed E-state index contributed by atoms with van der Waals surface area (Å²) >= 11 is 0. The number of esters is 1. The Morgan fingerprint density at radius 1 is 1.15 bits per heavy atom. The second kappa shape index (κ2) is 11.8. The monoisotopic (exact) mass is 421 g/mol. The zero-order valence-corrected chi connectivity index (χ0v) is 16.1. The van der Waals surface area contributed by atoms with Gasteiger partial charge in [-0.05, 0) is 22.9 Å². The van der Waals surface area contributed by atoms with E-state index >= 15 is 0 Å². The molecule has 1 aromatic rings. The molecule has 0 bridgehead atoms. The molecular formula is C16H23NO8S2. The molecule has 0 radical (unpaired) electrons. The first-order valence-corrected chi connectivity index (χ1v) is 10.6. The number of hydrogen-bond donors (Lipinski definition) is 4. The number of rotatable bonds is 10.